The average molecular weight is 381 g/mol. The van der Waals surface area contributed by atoms with E-state index in [0.717, 1.165) is 5.56 Å². The van der Waals surface area contributed by atoms with Crippen molar-refractivity contribution in [2.75, 3.05) is 12.4 Å². The number of carbonyl (C=O) groups excluding carboxylic acids is 2. The number of hydrogen-bond acceptors (Lipinski definition) is 3. The Kier molecular flexibility index (Phi) is 6.27. The van der Waals surface area contributed by atoms with Gasteiger partial charge in [0.05, 0.1) is 12.7 Å². The Morgan fingerprint density at radius 3 is 2.22 bits per heavy atom. The zero-order valence-electron chi connectivity index (χ0n) is 14.6. The summed E-state index contributed by atoms with van der Waals surface area (Å²) in [6.07, 6.45) is -7.48. The highest BCUT2D eigenvalue weighted by Crippen LogP contribution is 2.21. The maximum absolute atomic E-state index is 13.2. The van der Waals surface area contributed by atoms with Crippen LogP contribution in [0.5, 0.6) is 5.75 Å². The SMILES string of the molecule is COc1ccccc1C(=O)NC(NC(=O)Nc1ccc(C)cc1)C(F)(F)F. The lowest BCUT2D eigenvalue weighted by atomic mass is 10.2. The highest BCUT2D eigenvalue weighted by atomic mass is 19.4. The number of benzene rings is 2. The number of carbonyl (C=O) groups is 2. The molecule has 0 aliphatic heterocycles. The van der Waals surface area contributed by atoms with E-state index in [4.69, 9.17) is 4.74 Å². The van der Waals surface area contributed by atoms with Gasteiger partial charge < -0.3 is 20.7 Å². The van der Waals surface area contributed by atoms with Gasteiger partial charge in [0.15, 0.2) is 0 Å². The molecule has 2 aromatic carbocycles. The molecular weight excluding hydrogens is 363 g/mol. The third-order valence-corrected chi connectivity index (χ3v) is 3.54. The molecule has 0 aromatic heterocycles. The molecule has 0 fully saturated rings. The molecule has 0 spiro atoms. The number of para-hydroxylation sites is 1. The first-order chi connectivity index (χ1) is 12.7. The van der Waals surface area contributed by atoms with E-state index in [-0.39, 0.29) is 11.3 Å². The molecule has 6 nitrogen and oxygen atoms in total. The van der Waals surface area contributed by atoms with Crippen molar-refractivity contribution in [2.24, 2.45) is 0 Å². The van der Waals surface area contributed by atoms with Crippen LogP contribution in [0.3, 0.4) is 0 Å². The van der Waals surface area contributed by atoms with E-state index < -0.39 is 24.3 Å². The maximum Gasteiger partial charge on any atom is 0.427 e. The van der Waals surface area contributed by atoms with Gasteiger partial charge in [0.1, 0.15) is 5.75 Å². The lowest BCUT2D eigenvalue weighted by molar-refractivity contribution is -0.157. The molecule has 0 saturated heterocycles. The molecule has 144 valence electrons. The second kappa shape index (κ2) is 8.43. The number of alkyl halides is 3. The van der Waals surface area contributed by atoms with Crippen LogP contribution >= 0.6 is 0 Å². The van der Waals surface area contributed by atoms with Gasteiger partial charge in [-0.2, -0.15) is 13.2 Å². The van der Waals surface area contributed by atoms with Gasteiger partial charge >= 0.3 is 12.2 Å². The number of methoxy groups -OCH3 is 1. The third kappa shape index (κ3) is 5.63. The number of ether oxygens (including phenoxy) is 1. The molecule has 0 saturated carbocycles. The standard InChI is InChI=1S/C18H18F3N3O3/c1-11-7-9-12(10-8-11)22-17(26)24-16(18(19,20)21)23-15(25)13-5-3-4-6-14(13)27-2/h3-10,16H,1-2H3,(H,23,25)(H2,22,24,26). The summed E-state index contributed by atoms with van der Waals surface area (Å²) in [5, 5.41) is 5.75. The van der Waals surface area contributed by atoms with Crippen molar-refractivity contribution in [1.29, 1.82) is 0 Å². The first kappa shape index (κ1) is 20.1. The quantitative estimate of drug-likeness (QED) is 0.694. The summed E-state index contributed by atoms with van der Waals surface area (Å²) in [4.78, 5) is 24.1. The number of halogens is 3. The first-order valence-electron chi connectivity index (χ1n) is 7.85. The summed E-state index contributed by atoms with van der Waals surface area (Å²) in [5.74, 6) is -0.926. The number of anilines is 1. The largest absolute Gasteiger partial charge is 0.496 e. The number of nitrogens with one attached hydrogen (secondary N) is 3. The smallest absolute Gasteiger partial charge is 0.427 e. The van der Waals surface area contributed by atoms with Crippen molar-refractivity contribution < 1.29 is 27.5 Å². The van der Waals surface area contributed by atoms with Crippen molar-refractivity contribution in [3.8, 4) is 5.75 Å². The maximum atomic E-state index is 13.2. The van der Waals surface area contributed by atoms with E-state index in [0.29, 0.717) is 5.69 Å². The van der Waals surface area contributed by atoms with Crippen LogP contribution in [0, 0.1) is 6.92 Å². The monoisotopic (exact) mass is 381 g/mol. The number of aryl methyl sites for hydroxylation is 1. The van der Waals surface area contributed by atoms with Crippen LogP contribution in [0.15, 0.2) is 48.5 Å². The normalized spacial score (nSPS) is 12.0. The number of hydrogen-bond donors (Lipinski definition) is 3. The van der Waals surface area contributed by atoms with Crippen molar-refractivity contribution in [1.82, 2.24) is 10.6 Å². The zero-order chi connectivity index (χ0) is 20.0. The number of rotatable bonds is 5. The van der Waals surface area contributed by atoms with Crippen LogP contribution in [-0.4, -0.2) is 31.4 Å². The molecule has 1 atom stereocenters. The Hall–Kier alpha value is -3.23. The van der Waals surface area contributed by atoms with Gasteiger partial charge in [-0.25, -0.2) is 4.79 Å². The van der Waals surface area contributed by atoms with Crippen molar-refractivity contribution >= 4 is 17.6 Å². The second-order valence-corrected chi connectivity index (χ2v) is 5.61. The van der Waals surface area contributed by atoms with Crippen molar-refractivity contribution in [2.45, 2.75) is 19.3 Å². The van der Waals surface area contributed by atoms with Gasteiger partial charge in [-0.05, 0) is 31.2 Å². The minimum absolute atomic E-state index is 0.0880. The summed E-state index contributed by atoms with van der Waals surface area (Å²) in [5.41, 5.74) is 1.16. The number of urea groups is 1. The van der Waals surface area contributed by atoms with Crippen LogP contribution < -0.4 is 20.7 Å². The molecule has 0 aliphatic carbocycles. The summed E-state index contributed by atoms with van der Waals surface area (Å²) in [6, 6.07) is 11.2. The van der Waals surface area contributed by atoms with E-state index in [1.54, 1.807) is 41.0 Å². The van der Waals surface area contributed by atoms with Gasteiger partial charge in [0.2, 0.25) is 6.17 Å². The fourth-order valence-corrected chi connectivity index (χ4v) is 2.18. The minimum Gasteiger partial charge on any atom is -0.496 e. The Labute approximate surface area is 153 Å². The van der Waals surface area contributed by atoms with Gasteiger partial charge in [0, 0.05) is 5.69 Å². The van der Waals surface area contributed by atoms with E-state index >= 15 is 0 Å². The van der Waals surface area contributed by atoms with E-state index in [1.807, 2.05) is 6.92 Å². The van der Waals surface area contributed by atoms with Gasteiger partial charge in [-0.1, -0.05) is 29.8 Å². The molecule has 0 heterocycles. The number of amides is 3. The minimum atomic E-state index is -4.90. The van der Waals surface area contributed by atoms with Crippen LogP contribution in [0.2, 0.25) is 0 Å². The molecule has 3 N–H and O–H groups in total. The van der Waals surface area contributed by atoms with E-state index in [2.05, 4.69) is 5.32 Å². The molecule has 9 heteroatoms. The molecule has 0 radical (unpaired) electrons. The zero-order valence-corrected chi connectivity index (χ0v) is 14.6. The fourth-order valence-electron chi connectivity index (χ4n) is 2.18. The molecule has 1 unspecified atom stereocenters. The fraction of sp³-hybridized carbons (Fsp3) is 0.222. The van der Waals surface area contributed by atoms with E-state index in [1.165, 1.54) is 25.3 Å². The molecule has 3 amide bonds. The molecule has 2 aromatic rings. The summed E-state index contributed by atoms with van der Waals surface area (Å²) >= 11 is 0. The summed E-state index contributed by atoms with van der Waals surface area (Å²) in [7, 11) is 1.29. The van der Waals surface area contributed by atoms with Gasteiger partial charge in [-0.15, -0.1) is 0 Å². The van der Waals surface area contributed by atoms with Crippen molar-refractivity contribution in [3.05, 3.63) is 59.7 Å². The van der Waals surface area contributed by atoms with Crippen LogP contribution in [0.1, 0.15) is 15.9 Å². The predicted molar refractivity (Wildman–Crippen MR) is 93.6 cm³/mol. The molecule has 27 heavy (non-hydrogen) atoms. The van der Waals surface area contributed by atoms with Crippen LogP contribution in [-0.2, 0) is 0 Å². The summed E-state index contributed by atoms with van der Waals surface area (Å²) < 4.78 is 44.7. The molecule has 0 bridgehead atoms. The highest BCUT2D eigenvalue weighted by molar-refractivity contribution is 5.97. The second-order valence-electron chi connectivity index (χ2n) is 5.61. The Morgan fingerprint density at radius 2 is 1.63 bits per heavy atom. The van der Waals surface area contributed by atoms with Crippen molar-refractivity contribution in [3.63, 3.8) is 0 Å². The highest BCUT2D eigenvalue weighted by Gasteiger charge is 2.42. The van der Waals surface area contributed by atoms with E-state index in [9.17, 15) is 22.8 Å². The summed E-state index contributed by atoms with van der Waals surface area (Å²) in [6.45, 7) is 1.83. The molecular formula is C18H18F3N3O3. The Morgan fingerprint density at radius 1 is 1.00 bits per heavy atom. The lowest BCUT2D eigenvalue weighted by Gasteiger charge is -2.23. The Balaban J connectivity index is 2.10. The Bertz CT molecular complexity index is 807. The first-order valence-corrected chi connectivity index (χ1v) is 7.85. The molecule has 0 aliphatic rings. The lowest BCUT2D eigenvalue weighted by Crippen LogP contribution is -2.57. The van der Waals surface area contributed by atoms with Crippen LogP contribution in [0.4, 0.5) is 23.7 Å². The van der Waals surface area contributed by atoms with Crippen LogP contribution in [0.25, 0.3) is 0 Å². The van der Waals surface area contributed by atoms with Gasteiger partial charge in [0.25, 0.3) is 5.91 Å². The third-order valence-electron chi connectivity index (χ3n) is 3.54. The topological polar surface area (TPSA) is 79.5 Å². The van der Waals surface area contributed by atoms with Gasteiger partial charge in [-0.3, -0.25) is 4.79 Å². The average Bonchev–Trinajstić information content (AvgIpc) is 2.62. The molecule has 2 rings (SSSR count). The predicted octanol–water partition coefficient (Wildman–Crippen LogP) is 3.44.